The molecule has 20 heterocycles. The minimum absolute atomic E-state index is 0.0113. The number of aromatic nitrogens is 14. The summed E-state index contributed by atoms with van der Waals surface area (Å²) in [6.07, 6.45) is 27.3. The molecule has 8 aliphatic heterocycles. The molecule has 8 bridgehead atoms. The number of pyridine rings is 9. The van der Waals surface area contributed by atoms with E-state index in [1.54, 1.807) is 50.2 Å². The fraction of sp³-hybridized carbons (Fsp3) is 0.396. The highest BCUT2D eigenvalue weighted by Crippen LogP contribution is 2.48. The van der Waals surface area contributed by atoms with Gasteiger partial charge in [-0.1, -0.05) is 35.5 Å². The van der Waals surface area contributed by atoms with Crippen LogP contribution < -0.4 is 18.9 Å². The molecule has 12 atom stereocenters. The molecule has 12 unspecified atom stereocenters. The van der Waals surface area contributed by atoms with Crippen LogP contribution in [0.3, 0.4) is 0 Å². The van der Waals surface area contributed by atoms with E-state index in [9.17, 15) is 19.2 Å². The van der Waals surface area contributed by atoms with Crippen molar-refractivity contribution in [3.8, 4) is 69.1 Å². The summed E-state index contributed by atoms with van der Waals surface area (Å²) in [7, 11) is 0. The molecule has 0 saturated carbocycles. The lowest BCUT2D eigenvalue weighted by Crippen LogP contribution is -2.38. The standard InChI is InChI=1S/C26H28N4O2.C24H25N5O2.C23H25N5O3.C23H24N4O3/c1-16-6-11-23(28-14-16)32-15-19-13-20-8-10-22(19)30(20)26(31)25-21(9-7-18(3)29-25)24-17(2)5-4-12-27-24;1-15-4-9-21(27-13-15)31-14-17-12-18-6-8-20(17)29(18)24(30)22-19(7-5-16(2)28-22)23-25-10-3-11-26-23;1-13-4-9-20(24-11-13)30-12-16-10-17-6-8-19(16)28(17)23(29)21-18(7-5-14(2)25-21)22-26-15(3)27-31-22;1-14-3-8-20(25-12-14)30-13-16-11-17-5-7-19(16)27(17)23(28)21-18(6-4-15(2)26-21)22-24-9-10-29-22/h4-7,9,11-12,14,19-20,22H,8,10,13,15H2,1-3H3;3-5,7,9-11,13,17-18,20H,6,8,12,14H2,1-2H3;4-5,7,9,11,16-17,19H,6,8,10,12H2,1-3H3;3-4,6,8-10,12,16-17,19H,5,7,11,13H2,1-2H3. The Labute approximate surface area is 720 Å². The van der Waals surface area contributed by atoms with Gasteiger partial charge in [0, 0.05) is 168 Å². The minimum atomic E-state index is -0.0713. The monoisotopic (exact) mass is 1670 g/mol. The first-order valence-electron chi connectivity index (χ1n) is 43.0. The molecule has 8 fully saturated rings. The number of carbonyl (C=O) groups excluding carboxylic acids is 4. The molecule has 28 nitrogen and oxygen atoms in total. The Morgan fingerprint density at radius 3 is 1.03 bits per heavy atom. The SMILES string of the molecule is Cc1ccc(OCC2CC3CCC2N3C(=O)c2nc(C)ccc2-c2nc(C)no2)nc1.Cc1ccc(OCC2CC3CCC2N3C(=O)c2nc(C)ccc2-c2ncccc2C)nc1.Cc1ccc(OCC2CC3CCC2N3C(=O)c2nc(C)ccc2-c2ncccn2)nc1.Cc1ccc(OCC2CC3CCC2N3C(=O)c2nc(C)ccc2-c2ncco2)nc1. The van der Waals surface area contributed by atoms with Crippen LogP contribution in [0.25, 0.3) is 45.6 Å². The topological polar surface area (TPSA) is 325 Å². The molecule has 0 spiro atoms. The van der Waals surface area contributed by atoms with E-state index >= 15 is 0 Å². The summed E-state index contributed by atoms with van der Waals surface area (Å²) in [6, 6.07) is 38.0. The average molecular weight is 1670 g/mol. The van der Waals surface area contributed by atoms with Crippen molar-refractivity contribution >= 4 is 23.6 Å². The predicted molar refractivity (Wildman–Crippen MR) is 461 cm³/mol. The highest BCUT2D eigenvalue weighted by Gasteiger charge is 2.54. The first kappa shape index (κ1) is 83.1. The number of oxazole rings is 1. The van der Waals surface area contributed by atoms with Gasteiger partial charge in [-0.05, 0) is 235 Å². The molecule has 636 valence electrons. The Kier molecular flexibility index (Phi) is 24.5. The molecular formula is C96H102N18O10. The van der Waals surface area contributed by atoms with Crippen molar-refractivity contribution in [3.05, 3.63) is 250 Å². The maximum absolute atomic E-state index is 13.8. The number of carbonyl (C=O) groups is 4. The normalized spacial score (nSPS) is 22.1. The number of amides is 4. The molecule has 124 heavy (non-hydrogen) atoms. The lowest BCUT2D eigenvalue weighted by atomic mass is 9.90. The van der Waals surface area contributed by atoms with Crippen LogP contribution in [-0.4, -0.2) is 188 Å². The van der Waals surface area contributed by atoms with Gasteiger partial charge in [-0.25, -0.2) is 54.8 Å². The van der Waals surface area contributed by atoms with Crippen LogP contribution in [0.5, 0.6) is 23.5 Å². The van der Waals surface area contributed by atoms with Gasteiger partial charge < -0.3 is 47.5 Å². The lowest BCUT2D eigenvalue weighted by molar-refractivity contribution is 0.0696. The van der Waals surface area contributed by atoms with Crippen LogP contribution in [0.4, 0.5) is 0 Å². The fourth-order valence-corrected chi connectivity index (χ4v) is 19.4. The number of aryl methyl sites for hydroxylation is 10. The summed E-state index contributed by atoms with van der Waals surface area (Å²) in [5.74, 6) is 5.38. The number of rotatable bonds is 20. The molecular weight excluding hydrogens is 1570 g/mol. The molecule has 0 aromatic carbocycles. The summed E-state index contributed by atoms with van der Waals surface area (Å²) >= 11 is 0. The molecule has 12 aromatic rings. The van der Waals surface area contributed by atoms with E-state index in [4.69, 9.17) is 27.9 Å². The van der Waals surface area contributed by atoms with Crippen molar-refractivity contribution in [2.75, 3.05) is 26.4 Å². The molecule has 28 heteroatoms. The Bertz CT molecular complexity index is 5810. The van der Waals surface area contributed by atoms with Gasteiger partial charge in [0.25, 0.3) is 29.5 Å². The first-order valence-corrected chi connectivity index (χ1v) is 43.0. The first-order chi connectivity index (χ1) is 60.2. The van der Waals surface area contributed by atoms with Crippen molar-refractivity contribution in [3.63, 3.8) is 0 Å². The predicted octanol–water partition coefficient (Wildman–Crippen LogP) is 15.5. The molecule has 0 radical (unpaired) electrons. The highest BCUT2D eigenvalue weighted by atomic mass is 16.5. The van der Waals surface area contributed by atoms with E-state index in [2.05, 4.69) is 74.8 Å². The Hall–Kier alpha value is -13.1. The molecule has 8 saturated heterocycles. The van der Waals surface area contributed by atoms with Crippen LogP contribution in [0.1, 0.15) is 175 Å². The Morgan fingerprint density at radius 2 is 0.694 bits per heavy atom. The average Bonchev–Trinajstić information content (AvgIpc) is 1.61. The fourth-order valence-electron chi connectivity index (χ4n) is 19.4. The van der Waals surface area contributed by atoms with Gasteiger partial charge in [0.2, 0.25) is 29.4 Å². The molecule has 4 amide bonds. The maximum Gasteiger partial charge on any atom is 0.273 e. The third kappa shape index (κ3) is 17.9. The second kappa shape index (κ2) is 36.5. The summed E-state index contributed by atoms with van der Waals surface area (Å²) in [6.45, 7) is 21.6. The van der Waals surface area contributed by atoms with Gasteiger partial charge in [0.15, 0.2) is 11.6 Å². The minimum Gasteiger partial charge on any atom is -0.477 e. The van der Waals surface area contributed by atoms with Gasteiger partial charge in [-0.15, -0.1) is 0 Å². The Balaban J connectivity index is 0.000000117. The summed E-state index contributed by atoms with van der Waals surface area (Å²) in [4.78, 5) is 120. The van der Waals surface area contributed by atoms with Gasteiger partial charge in [0.1, 0.15) is 29.0 Å². The summed E-state index contributed by atoms with van der Waals surface area (Å²) in [5, 5.41) is 3.86. The van der Waals surface area contributed by atoms with Crippen LogP contribution in [0.15, 0.2) is 180 Å². The van der Waals surface area contributed by atoms with Gasteiger partial charge in [-0.2, -0.15) is 4.98 Å². The van der Waals surface area contributed by atoms with Crippen molar-refractivity contribution in [1.29, 1.82) is 0 Å². The molecule has 0 N–H and O–H groups in total. The van der Waals surface area contributed by atoms with Gasteiger partial charge in [0.05, 0.1) is 55.0 Å². The molecule has 0 aliphatic carbocycles. The van der Waals surface area contributed by atoms with Crippen LogP contribution in [-0.2, 0) is 0 Å². The lowest BCUT2D eigenvalue weighted by Gasteiger charge is -2.25. The van der Waals surface area contributed by atoms with E-state index in [1.807, 2.05) is 199 Å². The van der Waals surface area contributed by atoms with E-state index < -0.39 is 0 Å². The van der Waals surface area contributed by atoms with Crippen molar-refractivity contribution < 1.29 is 47.1 Å². The number of hydrogen-bond donors (Lipinski definition) is 0. The highest BCUT2D eigenvalue weighted by molar-refractivity contribution is 6.01. The smallest absolute Gasteiger partial charge is 0.273 e. The number of fused-ring (bicyclic) bond motifs is 8. The quantitative estimate of drug-likeness (QED) is 0.0684. The maximum atomic E-state index is 13.8. The third-order valence-electron chi connectivity index (χ3n) is 25.4. The molecule has 20 rings (SSSR count). The number of nitrogens with zero attached hydrogens (tertiary/aromatic N) is 18. The third-order valence-corrected chi connectivity index (χ3v) is 25.4. The zero-order valence-corrected chi connectivity index (χ0v) is 71.5. The van der Waals surface area contributed by atoms with Crippen molar-refractivity contribution in [2.24, 2.45) is 23.7 Å². The summed E-state index contributed by atoms with van der Waals surface area (Å²) in [5.41, 5.74) is 13.9. The van der Waals surface area contributed by atoms with Crippen molar-refractivity contribution in [1.82, 2.24) is 89.5 Å². The Morgan fingerprint density at radius 1 is 0.347 bits per heavy atom. The summed E-state index contributed by atoms with van der Waals surface area (Å²) < 4.78 is 34.6. The van der Waals surface area contributed by atoms with E-state index in [0.29, 0.717) is 131 Å². The number of ether oxygens (including phenoxy) is 4. The second-order valence-corrected chi connectivity index (χ2v) is 34.1. The van der Waals surface area contributed by atoms with Crippen LogP contribution in [0, 0.1) is 92.9 Å². The van der Waals surface area contributed by atoms with E-state index in [1.165, 1.54) is 6.26 Å². The van der Waals surface area contributed by atoms with Crippen molar-refractivity contribution in [2.45, 2.75) is 195 Å². The zero-order chi connectivity index (χ0) is 85.8. The van der Waals surface area contributed by atoms with Gasteiger partial charge >= 0.3 is 0 Å². The zero-order valence-electron chi connectivity index (χ0n) is 71.5. The van der Waals surface area contributed by atoms with E-state index in [0.717, 1.165) is 139 Å². The molecule has 8 aliphatic rings. The largest absolute Gasteiger partial charge is 0.477 e. The molecule has 12 aromatic heterocycles. The second-order valence-electron chi connectivity index (χ2n) is 34.1. The van der Waals surface area contributed by atoms with Crippen LogP contribution in [0.2, 0.25) is 0 Å². The van der Waals surface area contributed by atoms with Crippen LogP contribution >= 0.6 is 0 Å². The number of hydrogen-bond acceptors (Lipinski definition) is 24. The van der Waals surface area contributed by atoms with E-state index in [-0.39, 0.29) is 77.9 Å². The van der Waals surface area contributed by atoms with Gasteiger partial charge in [-0.3, -0.25) is 24.2 Å².